The number of fused-ring (bicyclic) bond motifs is 1. The van der Waals surface area contributed by atoms with Gasteiger partial charge in [-0.1, -0.05) is 36.8 Å². The summed E-state index contributed by atoms with van der Waals surface area (Å²) >= 11 is 7.65. The number of nitrogens with zero attached hydrogens (tertiary/aromatic N) is 4. The molecular formula is C25H33ClN4O3S2. The highest BCUT2D eigenvalue weighted by Gasteiger charge is 2.25. The summed E-state index contributed by atoms with van der Waals surface area (Å²) in [6.07, 6.45) is 1.48. The number of hydrogen-bond donors (Lipinski definition) is 0. The Kier molecular flexibility index (Phi) is 9.28. The molecule has 0 saturated carbocycles. The first-order chi connectivity index (χ1) is 16.6. The minimum Gasteiger partial charge on any atom is -0.308 e. The summed E-state index contributed by atoms with van der Waals surface area (Å²) < 4.78 is 28.6. The number of aryl methyl sites for hydroxylation is 1. The highest BCUT2D eigenvalue weighted by Crippen LogP contribution is 2.33. The quantitative estimate of drug-likeness (QED) is 0.333. The lowest BCUT2D eigenvalue weighted by Gasteiger charge is -2.23. The van der Waals surface area contributed by atoms with Gasteiger partial charge in [0.05, 0.1) is 15.1 Å². The number of carbonyl (C=O) groups excluding carboxylic acids is 1. The summed E-state index contributed by atoms with van der Waals surface area (Å²) in [5, 5.41) is 1.22. The molecular weight excluding hydrogens is 504 g/mol. The van der Waals surface area contributed by atoms with E-state index in [-0.39, 0.29) is 10.8 Å². The van der Waals surface area contributed by atoms with Crippen molar-refractivity contribution in [2.45, 2.75) is 38.5 Å². The lowest BCUT2D eigenvalue weighted by molar-refractivity contribution is 0.0985. The van der Waals surface area contributed by atoms with Crippen molar-refractivity contribution < 1.29 is 13.2 Å². The van der Waals surface area contributed by atoms with E-state index in [9.17, 15) is 13.2 Å². The first-order valence-corrected chi connectivity index (χ1v) is 14.3. The van der Waals surface area contributed by atoms with Gasteiger partial charge in [-0.15, -0.1) is 0 Å². The molecule has 0 N–H and O–H groups in total. The molecule has 0 spiro atoms. The third kappa shape index (κ3) is 6.40. The van der Waals surface area contributed by atoms with Crippen LogP contribution >= 0.6 is 22.9 Å². The van der Waals surface area contributed by atoms with Crippen LogP contribution in [0.25, 0.3) is 10.2 Å². The maximum absolute atomic E-state index is 13.6. The molecule has 1 heterocycles. The summed E-state index contributed by atoms with van der Waals surface area (Å²) in [6.45, 7) is 7.89. The number of rotatable bonds is 11. The molecule has 190 valence electrons. The van der Waals surface area contributed by atoms with E-state index in [4.69, 9.17) is 16.6 Å². The van der Waals surface area contributed by atoms with Gasteiger partial charge in [-0.05, 0) is 75.8 Å². The predicted octanol–water partition coefficient (Wildman–Crippen LogP) is 5.28. The van der Waals surface area contributed by atoms with Gasteiger partial charge in [-0.2, -0.15) is 4.31 Å². The minimum atomic E-state index is -3.61. The zero-order chi connectivity index (χ0) is 25.8. The van der Waals surface area contributed by atoms with E-state index in [1.54, 1.807) is 17.0 Å². The second-order valence-electron chi connectivity index (χ2n) is 8.75. The number of anilines is 1. The van der Waals surface area contributed by atoms with E-state index >= 15 is 0 Å². The summed E-state index contributed by atoms with van der Waals surface area (Å²) in [6, 6.07) is 9.93. The number of carbonyl (C=O) groups is 1. The smallest absolute Gasteiger partial charge is 0.260 e. The fourth-order valence-corrected chi connectivity index (χ4v) is 6.84. The number of benzene rings is 2. The number of amides is 1. The number of sulfonamides is 1. The molecule has 0 atom stereocenters. The van der Waals surface area contributed by atoms with E-state index < -0.39 is 10.0 Å². The minimum absolute atomic E-state index is 0.195. The van der Waals surface area contributed by atoms with Crippen molar-refractivity contribution >= 4 is 54.2 Å². The molecule has 35 heavy (non-hydrogen) atoms. The third-order valence-electron chi connectivity index (χ3n) is 5.57. The van der Waals surface area contributed by atoms with Crippen LogP contribution < -0.4 is 4.90 Å². The first-order valence-electron chi connectivity index (χ1n) is 11.7. The van der Waals surface area contributed by atoms with Crippen LogP contribution in [0.15, 0.2) is 41.3 Å². The zero-order valence-electron chi connectivity index (χ0n) is 20.9. The molecule has 0 radical (unpaired) electrons. The van der Waals surface area contributed by atoms with Crippen molar-refractivity contribution in [1.29, 1.82) is 0 Å². The van der Waals surface area contributed by atoms with Crippen LogP contribution in [0.4, 0.5) is 5.13 Å². The van der Waals surface area contributed by atoms with Crippen molar-refractivity contribution in [3.8, 4) is 0 Å². The van der Waals surface area contributed by atoms with E-state index in [0.29, 0.717) is 41.9 Å². The average Bonchev–Trinajstić information content (AvgIpc) is 3.23. The summed E-state index contributed by atoms with van der Waals surface area (Å²) in [5.41, 5.74) is 2.19. The van der Waals surface area contributed by atoms with Gasteiger partial charge in [0.15, 0.2) is 5.13 Å². The van der Waals surface area contributed by atoms with Crippen molar-refractivity contribution in [2.24, 2.45) is 0 Å². The molecule has 1 aromatic heterocycles. The number of halogens is 1. The number of likely N-dealkylation sites (N-methyl/N-ethyl adjacent to an activating group) is 1. The van der Waals surface area contributed by atoms with Crippen molar-refractivity contribution in [2.75, 3.05) is 45.2 Å². The van der Waals surface area contributed by atoms with Gasteiger partial charge < -0.3 is 4.90 Å². The van der Waals surface area contributed by atoms with Crippen molar-refractivity contribution in [3.63, 3.8) is 0 Å². The third-order valence-corrected chi connectivity index (χ3v) is 8.73. The number of hydrogen-bond acceptors (Lipinski definition) is 6. The topological polar surface area (TPSA) is 73.8 Å². The van der Waals surface area contributed by atoms with Gasteiger partial charge in [0.1, 0.15) is 0 Å². The molecule has 3 aromatic rings. The van der Waals surface area contributed by atoms with E-state index in [0.717, 1.165) is 28.6 Å². The molecule has 0 aliphatic rings. The van der Waals surface area contributed by atoms with Gasteiger partial charge in [0.25, 0.3) is 5.91 Å². The maximum Gasteiger partial charge on any atom is 0.260 e. The number of thiazole rings is 1. The van der Waals surface area contributed by atoms with Crippen LogP contribution in [-0.4, -0.2) is 68.8 Å². The Morgan fingerprint density at radius 1 is 1.00 bits per heavy atom. The average molecular weight is 537 g/mol. The molecule has 7 nitrogen and oxygen atoms in total. The van der Waals surface area contributed by atoms with E-state index in [2.05, 4.69) is 0 Å². The molecule has 0 fully saturated rings. The Balaban J connectivity index is 1.94. The molecule has 10 heteroatoms. The van der Waals surface area contributed by atoms with Crippen LogP contribution in [0.2, 0.25) is 5.02 Å². The number of aromatic nitrogens is 1. The van der Waals surface area contributed by atoms with E-state index in [1.807, 2.05) is 51.9 Å². The summed E-state index contributed by atoms with van der Waals surface area (Å²) in [5.74, 6) is -0.224. The Morgan fingerprint density at radius 2 is 1.63 bits per heavy atom. The monoisotopic (exact) mass is 536 g/mol. The second kappa shape index (κ2) is 11.8. The van der Waals surface area contributed by atoms with Gasteiger partial charge in [-0.3, -0.25) is 9.69 Å². The first kappa shape index (κ1) is 27.5. The standard InChI is InChI=1S/C25H33ClN4O3S2/c1-6-12-29(13-7-2)35(32,33)21-10-8-19(9-11-21)24(31)30(15-14-28(4)5)25-27-23-18(3)16-20(26)17-22(23)34-25/h8-11,16-17H,6-7,12-15H2,1-5H3. The molecule has 1 amide bonds. The van der Waals surface area contributed by atoms with Crippen LogP contribution in [0.1, 0.15) is 42.6 Å². The van der Waals surface area contributed by atoms with E-state index in [1.165, 1.54) is 27.8 Å². The van der Waals surface area contributed by atoms with Crippen molar-refractivity contribution in [3.05, 3.63) is 52.5 Å². The second-order valence-corrected chi connectivity index (χ2v) is 12.1. The van der Waals surface area contributed by atoms with Gasteiger partial charge >= 0.3 is 0 Å². The highest BCUT2D eigenvalue weighted by atomic mass is 35.5. The van der Waals surface area contributed by atoms with Crippen molar-refractivity contribution in [1.82, 2.24) is 14.2 Å². The zero-order valence-corrected chi connectivity index (χ0v) is 23.3. The Labute approximate surface area is 217 Å². The SMILES string of the molecule is CCCN(CCC)S(=O)(=O)c1ccc(C(=O)N(CCN(C)C)c2nc3c(C)cc(Cl)cc3s2)cc1. The van der Waals surface area contributed by atoms with Crippen LogP contribution in [0, 0.1) is 6.92 Å². The molecule has 0 bridgehead atoms. The Hall–Kier alpha value is -2.04. The molecule has 0 unspecified atom stereocenters. The molecule has 0 saturated heterocycles. The normalized spacial score (nSPS) is 12.1. The maximum atomic E-state index is 13.6. The Morgan fingerprint density at radius 3 is 2.20 bits per heavy atom. The molecule has 2 aromatic carbocycles. The molecule has 0 aliphatic heterocycles. The molecule has 0 aliphatic carbocycles. The Bertz CT molecular complexity index is 1270. The van der Waals surface area contributed by atoms with Crippen LogP contribution in [0.5, 0.6) is 0 Å². The lowest BCUT2D eigenvalue weighted by atomic mass is 10.2. The lowest BCUT2D eigenvalue weighted by Crippen LogP contribution is -2.36. The predicted molar refractivity (Wildman–Crippen MR) is 145 cm³/mol. The summed E-state index contributed by atoms with van der Waals surface area (Å²) in [4.78, 5) is 22.2. The van der Waals surface area contributed by atoms with Gasteiger partial charge in [0.2, 0.25) is 10.0 Å². The van der Waals surface area contributed by atoms with Crippen LogP contribution in [-0.2, 0) is 10.0 Å². The summed E-state index contributed by atoms with van der Waals surface area (Å²) in [7, 11) is 0.286. The van der Waals surface area contributed by atoms with Crippen LogP contribution in [0.3, 0.4) is 0 Å². The van der Waals surface area contributed by atoms with Gasteiger partial charge in [-0.25, -0.2) is 13.4 Å². The largest absolute Gasteiger partial charge is 0.308 e. The fraction of sp³-hybridized carbons (Fsp3) is 0.440. The van der Waals surface area contributed by atoms with Gasteiger partial charge in [0, 0.05) is 36.8 Å². The highest BCUT2D eigenvalue weighted by molar-refractivity contribution is 7.89. The fourth-order valence-electron chi connectivity index (χ4n) is 3.77. The molecule has 3 rings (SSSR count).